The summed E-state index contributed by atoms with van der Waals surface area (Å²) in [5, 5.41) is 11.3. The summed E-state index contributed by atoms with van der Waals surface area (Å²) in [5.74, 6) is 0.280. The Morgan fingerprint density at radius 2 is 1.83 bits per heavy atom. The summed E-state index contributed by atoms with van der Waals surface area (Å²) in [4.78, 5) is 0. The second kappa shape index (κ2) is 3.90. The Hall–Kier alpha value is -1.31. The van der Waals surface area contributed by atoms with Crippen molar-refractivity contribution < 1.29 is 4.74 Å². The van der Waals surface area contributed by atoms with Crippen LogP contribution in [0.4, 0.5) is 5.69 Å². The molecule has 0 aromatic heterocycles. The van der Waals surface area contributed by atoms with E-state index in [1.165, 1.54) is 0 Å². The topological polar surface area (TPSA) is 26.1 Å². The van der Waals surface area contributed by atoms with Crippen LogP contribution in [0.2, 0.25) is 0 Å². The van der Waals surface area contributed by atoms with E-state index in [1.807, 2.05) is 32.0 Å². The number of hydrogen-bond donors (Lipinski definition) is 0. The molecule has 0 radical (unpaired) electrons. The Labute approximate surface area is 72.7 Å². The van der Waals surface area contributed by atoms with E-state index >= 15 is 0 Å². The van der Waals surface area contributed by atoms with Crippen LogP contribution in [-0.4, -0.2) is 11.0 Å². The second-order valence-electron chi connectivity index (χ2n) is 3.05. The molecule has 0 spiro atoms. The lowest BCUT2D eigenvalue weighted by atomic mass is 10.2. The predicted molar refractivity (Wildman–Crippen MR) is 50.6 cm³/mol. The molecule has 0 amide bonds. The van der Waals surface area contributed by atoms with Crippen molar-refractivity contribution in [2.24, 2.45) is 5.92 Å². The fourth-order valence-electron chi connectivity index (χ4n) is 0.932. The van der Waals surface area contributed by atoms with Crippen molar-refractivity contribution in [3.8, 4) is 0 Å². The first-order valence-electron chi connectivity index (χ1n) is 4.06. The van der Waals surface area contributed by atoms with Gasteiger partial charge in [0.2, 0.25) is 5.69 Å². The van der Waals surface area contributed by atoms with Crippen molar-refractivity contribution in [2.45, 2.75) is 13.8 Å². The summed E-state index contributed by atoms with van der Waals surface area (Å²) < 4.78 is 0.907. The molecular formula is C10H13NO. The van der Waals surface area contributed by atoms with Gasteiger partial charge in [0.05, 0.1) is 0 Å². The van der Waals surface area contributed by atoms with Gasteiger partial charge in [-0.25, -0.2) is 0 Å². The summed E-state index contributed by atoms with van der Waals surface area (Å²) in [5.41, 5.74) is 0.686. The van der Waals surface area contributed by atoms with Crippen molar-refractivity contribution >= 4 is 11.9 Å². The second-order valence-corrected chi connectivity index (χ2v) is 3.05. The van der Waals surface area contributed by atoms with Gasteiger partial charge >= 0.3 is 0 Å². The van der Waals surface area contributed by atoms with E-state index in [-0.39, 0.29) is 5.92 Å². The van der Waals surface area contributed by atoms with Crippen LogP contribution >= 0.6 is 0 Å². The molecule has 2 heteroatoms. The fourth-order valence-corrected chi connectivity index (χ4v) is 0.932. The number of para-hydroxylation sites is 1. The normalized spacial score (nSPS) is 12.1. The molecule has 0 aliphatic rings. The van der Waals surface area contributed by atoms with Crippen molar-refractivity contribution in [3.05, 3.63) is 35.5 Å². The van der Waals surface area contributed by atoms with Crippen molar-refractivity contribution in [2.75, 3.05) is 0 Å². The summed E-state index contributed by atoms with van der Waals surface area (Å²) in [7, 11) is 0. The Balaban J connectivity index is 2.85. The maximum absolute atomic E-state index is 11.3. The molecule has 2 nitrogen and oxygen atoms in total. The average Bonchev–Trinajstić information content (AvgIpc) is 2.05. The van der Waals surface area contributed by atoms with Crippen LogP contribution in [0.5, 0.6) is 0 Å². The highest BCUT2D eigenvalue weighted by atomic mass is 16.5. The highest BCUT2D eigenvalue weighted by Gasteiger charge is 1.99. The lowest BCUT2D eigenvalue weighted by Gasteiger charge is -2.02. The Kier molecular flexibility index (Phi) is 2.86. The van der Waals surface area contributed by atoms with Gasteiger partial charge in [-0.05, 0) is 0 Å². The van der Waals surface area contributed by atoms with Crippen LogP contribution < -0.4 is 0 Å². The third-order valence-electron chi connectivity index (χ3n) is 1.44. The quantitative estimate of drug-likeness (QED) is 0.285. The predicted octanol–water partition coefficient (Wildman–Crippen LogP) is 2.56. The third-order valence-corrected chi connectivity index (χ3v) is 1.44. The summed E-state index contributed by atoms with van der Waals surface area (Å²) in [6.45, 7) is 3.96. The molecule has 0 bridgehead atoms. The molecule has 1 aromatic carbocycles. The molecule has 0 heterocycles. The molecule has 0 aliphatic carbocycles. The van der Waals surface area contributed by atoms with Crippen LogP contribution in [0.25, 0.3) is 0 Å². The highest BCUT2D eigenvalue weighted by molar-refractivity contribution is 5.56. The minimum Gasteiger partial charge on any atom is -0.619 e. The molecule has 64 valence electrons. The van der Waals surface area contributed by atoms with E-state index in [2.05, 4.69) is 0 Å². The number of nitrogens with zero attached hydrogens (tertiary/aromatic N) is 1. The SMILES string of the molecule is CC(C)/C=[N+](\[O-])c1ccccc1. The molecule has 0 aliphatic heterocycles. The van der Waals surface area contributed by atoms with Gasteiger partial charge in [-0.15, -0.1) is 0 Å². The first-order valence-corrected chi connectivity index (χ1v) is 4.06. The molecule has 1 rings (SSSR count). The van der Waals surface area contributed by atoms with Gasteiger partial charge in [0.25, 0.3) is 0 Å². The first kappa shape index (κ1) is 8.78. The van der Waals surface area contributed by atoms with E-state index in [0.29, 0.717) is 5.69 Å². The van der Waals surface area contributed by atoms with E-state index in [9.17, 15) is 5.21 Å². The molecular weight excluding hydrogens is 150 g/mol. The fraction of sp³-hybridized carbons (Fsp3) is 0.300. The maximum atomic E-state index is 11.3. The average molecular weight is 163 g/mol. The highest BCUT2D eigenvalue weighted by Crippen LogP contribution is 2.08. The van der Waals surface area contributed by atoms with E-state index in [4.69, 9.17) is 0 Å². The smallest absolute Gasteiger partial charge is 0.216 e. The van der Waals surface area contributed by atoms with Crippen LogP contribution in [0, 0.1) is 11.1 Å². The van der Waals surface area contributed by atoms with Crippen molar-refractivity contribution in [1.29, 1.82) is 0 Å². The molecule has 12 heavy (non-hydrogen) atoms. The molecule has 0 N–H and O–H groups in total. The largest absolute Gasteiger partial charge is 0.619 e. The number of hydrogen-bond acceptors (Lipinski definition) is 1. The minimum absolute atomic E-state index is 0.280. The molecule has 0 saturated heterocycles. The standard InChI is InChI=1S/C10H13NO/c1-9(2)8-11(12)10-6-4-3-5-7-10/h3-9H,1-2H3/b11-8-. The summed E-state index contributed by atoms with van der Waals surface area (Å²) in [6, 6.07) is 9.20. The van der Waals surface area contributed by atoms with Gasteiger partial charge < -0.3 is 5.21 Å². The Bertz CT molecular complexity index is 264. The molecule has 1 aromatic rings. The van der Waals surface area contributed by atoms with Gasteiger partial charge in [-0.1, -0.05) is 32.0 Å². The maximum Gasteiger partial charge on any atom is 0.216 e. The molecule has 0 saturated carbocycles. The number of rotatable bonds is 2. The van der Waals surface area contributed by atoms with E-state index in [0.717, 1.165) is 4.74 Å². The number of benzene rings is 1. The van der Waals surface area contributed by atoms with Gasteiger partial charge in [0.1, 0.15) is 0 Å². The lowest BCUT2D eigenvalue weighted by Crippen LogP contribution is -2.02. The van der Waals surface area contributed by atoms with Gasteiger partial charge in [-0.3, -0.25) is 0 Å². The zero-order valence-corrected chi connectivity index (χ0v) is 7.40. The van der Waals surface area contributed by atoms with E-state index < -0.39 is 0 Å². The van der Waals surface area contributed by atoms with Crippen LogP contribution in [0.1, 0.15) is 13.8 Å². The molecule has 0 unspecified atom stereocenters. The van der Waals surface area contributed by atoms with Gasteiger partial charge in [0.15, 0.2) is 6.21 Å². The Morgan fingerprint density at radius 3 is 2.33 bits per heavy atom. The molecule has 0 atom stereocenters. The van der Waals surface area contributed by atoms with Crippen LogP contribution in [-0.2, 0) is 0 Å². The van der Waals surface area contributed by atoms with Gasteiger partial charge in [-0.2, -0.15) is 4.74 Å². The van der Waals surface area contributed by atoms with Crippen molar-refractivity contribution in [1.82, 2.24) is 0 Å². The van der Waals surface area contributed by atoms with Crippen molar-refractivity contribution in [3.63, 3.8) is 0 Å². The monoisotopic (exact) mass is 163 g/mol. The zero-order chi connectivity index (χ0) is 8.97. The minimum atomic E-state index is 0.280. The summed E-state index contributed by atoms with van der Waals surface area (Å²) >= 11 is 0. The summed E-state index contributed by atoms with van der Waals surface area (Å²) in [6.07, 6.45) is 1.65. The third kappa shape index (κ3) is 2.38. The van der Waals surface area contributed by atoms with Crippen LogP contribution in [0.15, 0.2) is 30.3 Å². The van der Waals surface area contributed by atoms with E-state index in [1.54, 1.807) is 18.3 Å². The van der Waals surface area contributed by atoms with Crippen LogP contribution in [0.3, 0.4) is 0 Å². The lowest BCUT2D eigenvalue weighted by molar-refractivity contribution is -0.357. The zero-order valence-electron chi connectivity index (χ0n) is 7.40. The first-order chi connectivity index (χ1) is 5.70. The van der Waals surface area contributed by atoms with Gasteiger partial charge in [0, 0.05) is 18.1 Å². The molecule has 0 fully saturated rings. The Morgan fingerprint density at radius 1 is 1.25 bits per heavy atom.